The molecule has 8 nitrogen and oxygen atoms in total. The highest BCUT2D eigenvalue weighted by Gasteiger charge is 2.40. The lowest BCUT2D eigenvalue weighted by Gasteiger charge is -2.30. The molecule has 1 aromatic carbocycles. The van der Waals surface area contributed by atoms with Crippen LogP contribution in [0.15, 0.2) is 46.8 Å². The summed E-state index contributed by atoms with van der Waals surface area (Å²) >= 11 is 0. The van der Waals surface area contributed by atoms with E-state index < -0.39 is 49.0 Å². The minimum absolute atomic E-state index is 0.00300. The minimum Gasteiger partial charge on any atom is -0.466 e. The topological polar surface area (TPSA) is 108 Å². The van der Waals surface area contributed by atoms with Crippen molar-refractivity contribution >= 4 is 17.6 Å². The van der Waals surface area contributed by atoms with Crippen molar-refractivity contribution in [3.63, 3.8) is 0 Å². The number of para-hydroxylation sites is 1. The van der Waals surface area contributed by atoms with Crippen molar-refractivity contribution in [1.82, 2.24) is 5.32 Å². The third-order valence-corrected chi connectivity index (χ3v) is 4.21. The Morgan fingerprint density at radius 2 is 1.82 bits per heavy atom. The number of hydrogen-bond acceptors (Lipinski definition) is 7. The monoisotopic (exact) mass is 394 g/mol. The number of hydrogen-bond donors (Lipinski definition) is 1. The van der Waals surface area contributed by atoms with Crippen LogP contribution in [0.5, 0.6) is 0 Å². The second-order valence-corrected chi connectivity index (χ2v) is 6.09. The Morgan fingerprint density at radius 3 is 2.39 bits per heavy atom. The van der Waals surface area contributed by atoms with Gasteiger partial charge in [0.05, 0.1) is 35.7 Å². The first kappa shape index (κ1) is 13.9. The lowest BCUT2D eigenvalue weighted by Crippen LogP contribution is -2.32. The fourth-order valence-electron chi connectivity index (χ4n) is 3.09. The number of carbonyl (C=O) groups excluding carboxylic acids is 2. The van der Waals surface area contributed by atoms with Crippen molar-refractivity contribution in [2.45, 2.75) is 33.5 Å². The van der Waals surface area contributed by atoms with Gasteiger partial charge in [0.25, 0.3) is 5.69 Å². The average Bonchev–Trinajstić information content (AvgIpc) is 2.70. The molecule has 1 N–H and O–H groups in total. The second-order valence-electron chi connectivity index (χ2n) is 6.09. The third-order valence-electron chi connectivity index (χ3n) is 4.21. The van der Waals surface area contributed by atoms with Crippen LogP contribution in [0.25, 0.3) is 0 Å². The van der Waals surface area contributed by atoms with Crippen LogP contribution in [0.4, 0.5) is 5.69 Å². The maximum atomic E-state index is 13.2. The van der Waals surface area contributed by atoms with E-state index in [1.807, 2.05) is 0 Å². The van der Waals surface area contributed by atoms with Gasteiger partial charge in [-0.25, -0.2) is 9.59 Å². The average molecular weight is 394 g/mol. The number of methoxy groups -OCH3 is 1. The van der Waals surface area contributed by atoms with Crippen molar-refractivity contribution < 1.29 is 32.2 Å². The number of dihydropyridines is 1. The highest BCUT2D eigenvalue weighted by Crippen LogP contribution is 2.42. The van der Waals surface area contributed by atoms with Crippen LogP contribution < -0.4 is 5.32 Å². The van der Waals surface area contributed by atoms with E-state index >= 15 is 0 Å². The van der Waals surface area contributed by atoms with E-state index in [1.54, 1.807) is 0 Å². The maximum Gasteiger partial charge on any atom is 0.336 e. The van der Waals surface area contributed by atoms with Crippen LogP contribution in [0.2, 0.25) is 0 Å². The molecule has 0 spiro atoms. The van der Waals surface area contributed by atoms with Crippen LogP contribution in [0.3, 0.4) is 0 Å². The summed E-state index contributed by atoms with van der Waals surface area (Å²) in [5, 5.41) is 14.5. The van der Waals surface area contributed by atoms with Crippen LogP contribution in [-0.4, -0.2) is 30.6 Å². The van der Waals surface area contributed by atoms with Crippen LogP contribution in [0.1, 0.15) is 47.3 Å². The molecule has 28 heavy (non-hydrogen) atoms. The normalized spacial score (nSPS) is 20.8. The van der Waals surface area contributed by atoms with Crippen molar-refractivity contribution in [3.05, 3.63) is 62.5 Å². The zero-order valence-corrected chi connectivity index (χ0v) is 15.6. The lowest BCUT2D eigenvalue weighted by atomic mass is 9.79. The molecule has 0 saturated carbocycles. The summed E-state index contributed by atoms with van der Waals surface area (Å²) < 4.78 is 54.8. The second kappa shape index (κ2) is 8.69. The van der Waals surface area contributed by atoms with E-state index in [4.69, 9.17) is 17.7 Å². The van der Waals surface area contributed by atoms with E-state index in [9.17, 15) is 19.7 Å². The predicted octanol–water partition coefficient (Wildman–Crippen LogP) is 3.20. The molecule has 0 radical (unpaired) electrons. The molecule has 1 unspecified atom stereocenters. The summed E-state index contributed by atoms with van der Waals surface area (Å²) in [7, 11) is 1.11. The third kappa shape index (κ3) is 4.21. The summed E-state index contributed by atoms with van der Waals surface area (Å²) in [6.45, 7) is -3.83. The number of nitro benzene ring substituents is 1. The molecule has 0 fully saturated rings. The van der Waals surface area contributed by atoms with Gasteiger partial charge in [0.2, 0.25) is 0 Å². The van der Waals surface area contributed by atoms with Crippen molar-refractivity contribution in [2.75, 3.05) is 13.7 Å². The summed E-state index contributed by atoms with van der Waals surface area (Å²) in [6.07, 6.45) is 0. The van der Waals surface area contributed by atoms with Gasteiger partial charge in [-0.2, -0.15) is 0 Å². The van der Waals surface area contributed by atoms with Crippen LogP contribution in [0, 0.1) is 16.0 Å². The van der Waals surface area contributed by atoms with Gasteiger partial charge in [-0.3, -0.25) is 10.1 Å². The SMILES string of the molecule is [2H]C([2H])([2H])C(COC(=O)C1=C(C)NC(C)=C(C(=O)OC)C1c1ccccc1[N+](=O)[O-])C([2H])([2H])[2H]. The number of nitrogens with zero attached hydrogens (tertiary/aromatic N) is 1. The molecule has 0 bridgehead atoms. The molecule has 1 aliphatic heterocycles. The Kier molecular flexibility index (Phi) is 4.32. The van der Waals surface area contributed by atoms with Gasteiger partial charge in [0.15, 0.2) is 0 Å². The molecule has 150 valence electrons. The van der Waals surface area contributed by atoms with Crippen LogP contribution >= 0.6 is 0 Å². The summed E-state index contributed by atoms with van der Waals surface area (Å²) in [4.78, 5) is 36.8. The molecule has 2 rings (SSSR count). The van der Waals surface area contributed by atoms with E-state index in [2.05, 4.69) is 5.32 Å². The molecule has 1 aromatic rings. The van der Waals surface area contributed by atoms with Crippen molar-refractivity contribution in [1.29, 1.82) is 0 Å². The Bertz CT molecular complexity index is 1050. The Hall–Kier alpha value is -3.16. The Labute approximate surface area is 171 Å². The molecule has 0 amide bonds. The molecular weight excluding hydrogens is 364 g/mol. The molecule has 1 heterocycles. The Morgan fingerprint density at radius 1 is 1.21 bits per heavy atom. The van der Waals surface area contributed by atoms with Gasteiger partial charge < -0.3 is 14.8 Å². The highest BCUT2D eigenvalue weighted by atomic mass is 16.6. The van der Waals surface area contributed by atoms with Crippen molar-refractivity contribution in [3.8, 4) is 0 Å². The summed E-state index contributed by atoms with van der Waals surface area (Å²) in [5.41, 5.74) is -0.190. The highest BCUT2D eigenvalue weighted by molar-refractivity contribution is 6.00. The number of esters is 2. The van der Waals surface area contributed by atoms with Gasteiger partial charge in [0, 0.05) is 31.2 Å². The number of ether oxygens (including phenoxy) is 2. The zero-order chi connectivity index (χ0) is 26.0. The van der Waals surface area contributed by atoms with Gasteiger partial charge in [-0.1, -0.05) is 31.9 Å². The van der Waals surface area contributed by atoms with Gasteiger partial charge >= 0.3 is 11.9 Å². The fraction of sp³-hybridized carbons (Fsp3) is 0.400. The van der Waals surface area contributed by atoms with Crippen molar-refractivity contribution in [2.24, 2.45) is 5.92 Å². The molecule has 0 saturated heterocycles. The standard InChI is InChI=1S/C20H24N2O6/c1-11(2)10-28-20(24)17-13(4)21-12(3)16(19(23)27-5)18(17)14-8-6-7-9-15(14)22(25)26/h6-9,11,18,21H,10H2,1-5H3/i1D3,2D3. The maximum absolute atomic E-state index is 13.2. The fourth-order valence-corrected chi connectivity index (χ4v) is 3.09. The molecular formula is C20H24N2O6. The summed E-state index contributed by atoms with van der Waals surface area (Å²) in [6, 6.07) is 5.49. The van der Waals surface area contributed by atoms with Gasteiger partial charge in [0.1, 0.15) is 0 Å². The molecule has 0 aliphatic carbocycles. The Balaban J connectivity index is 2.60. The summed E-state index contributed by atoms with van der Waals surface area (Å²) in [5.74, 6) is -5.22. The molecule has 1 atom stereocenters. The van der Waals surface area contributed by atoms with E-state index in [1.165, 1.54) is 38.1 Å². The number of allylic oxidation sites excluding steroid dienone is 2. The first-order valence-corrected chi connectivity index (χ1v) is 8.28. The number of nitro groups is 1. The first-order valence-electron chi connectivity index (χ1n) is 11.3. The number of nitrogens with one attached hydrogen (secondary N) is 1. The minimum atomic E-state index is -2.94. The van der Waals surface area contributed by atoms with E-state index in [0.29, 0.717) is 0 Å². The zero-order valence-electron chi connectivity index (χ0n) is 21.6. The first-order chi connectivity index (χ1) is 15.6. The number of benzene rings is 1. The molecule has 1 aliphatic rings. The largest absolute Gasteiger partial charge is 0.466 e. The number of rotatable bonds is 6. The van der Waals surface area contributed by atoms with Gasteiger partial charge in [-0.05, 0) is 19.8 Å². The van der Waals surface area contributed by atoms with Crippen LogP contribution in [-0.2, 0) is 19.1 Å². The van der Waals surface area contributed by atoms with E-state index in [0.717, 1.165) is 7.11 Å². The smallest absolute Gasteiger partial charge is 0.336 e. The molecule has 0 aromatic heterocycles. The molecule has 8 heteroatoms. The van der Waals surface area contributed by atoms with E-state index in [-0.39, 0.29) is 33.8 Å². The van der Waals surface area contributed by atoms with Gasteiger partial charge in [-0.15, -0.1) is 0 Å². The lowest BCUT2D eigenvalue weighted by molar-refractivity contribution is -0.385. The quantitative estimate of drug-likeness (QED) is 0.448. The predicted molar refractivity (Wildman–Crippen MR) is 102 cm³/mol. The number of carbonyl (C=O) groups is 2.